The van der Waals surface area contributed by atoms with Crippen molar-refractivity contribution in [2.45, 2.75) is 133 Å². The Morgan fingerprint density at radius 1 is 0.815 bits per heavy atom. The van der Waals surface area contributed by atoms with Gasteiger partial charge in [-0.15, -0.1) is 16.9 Å². The molecule has 3 aromatic rings. The van der Waals surface area contributed by atoms with Crippen LogP contribution in [0.5, 0.6) is 0 Å². The molecule has 0 radical (unpaired) electrons. The normalized spacial score (nSPS) is 14.7. The molecule has 0 aliphatic carbocycles. The zero-order chi connectivity index (χ0) is 39.7. The molecule has 0 saturated heterocycles. The highest BCUT2D eigenvalue weighted by atomic mass is 35.5. The van der Waals surface area contributed by atoms with Crippen LogP contribution in [-0.2, 0) is 19.4 Å². The Hall–Kier alpha value is -2.27. The number of benzene rings is 3. The van der Waals surface area contributed by atoms with Gasteiger partial charge in [0.2, 0.25) is 5.91 Å². The third-order valence-electron chi connectivity index (χ3n) is 9.46. The second-order valence-corrected chi connectivity index (χ2v) is 19.3. The monoisotopic (exact) mass is 853 g/mol. The van der Waals surface area contributed by atoms with Crippen LogP contribution in [0.3, 0.4) is 0 Å². The topological polar surface area (TPSA) is 87.1 Å². The van der Waals surface area contributed by atoms with Crippen LogP contribution >= 0.6 is 58.2 Å². The summed E-state index contributed by atoms with van der Waals surface area (Å²) in [5.74, 6) is -0.460. The van der Waals surface area contributed by atoms with Crippen LogP contribution in [-0.4, -0.2) is 37.1 Å². The van der Waals surface area contributed by atoms with Crippen LogP contribution in [0.1, 0.15) is 129 Å². The molecule has 1 unspecified atom stereocenters. The van der Waals surface area contributed by atoms with E-state index in [1.807, 2.05) is 12.1 Å². The lowest BCUT2D eigenvalue weighted by Gasteiger charge is -2.25. The Kier molecular flexibility index (Phi) is 16.7. The van der Waals surface area contributed by atoms with Crippen LogP contribution in [0.4, 0.5) is 11.4 Å². The van der Waals surface area contributed by atoms with E-state index in [4.69, 9.17) is 46.4 Å². The van der Waals surface area contributed by atoms with E-state index in [0.29, 0.717) is 12.3 Å². The Morgan fingerprint density at radius 3 is 1.94 bits per heavy atom. The number of rotatable bonds is 18. The molecule has 7 nitrogen and oxygen atoms in total. The molecule has 294 valence electrons. The van der Waals surface area contributed by atoms with Gasteiger partial charge in [-0.3, -0.25) is 14.5 Å². The molecule has 0 fully saturated rings. The van der Waals surface area contributed by atoms with Gasteiger partial charge in [0.15, 0.2) is 20.9 Å². The molecular formula is C41H51Cl4N3O4S2. The number of unbranched alkanes of at least 4 members (excludes halogenated alkanes) is 9. The van der Waals surface area contributed by atoms with Crippen molar-refractivity contribution in [3.63, 3.8) is 0 Å². The zero-order valence-electron chi connectivity index (χ0n) is 31.9. The standard InChI is InChI=1S/C41H51Cl4N3O4S2/c1-7-8-9-10-11-12-13-14-15-16-21-54(51,52)31-18-19-36(33(43)25-31)47(28(6)49)40-39(53-37-20-17-29(26(2)3)22-32(37)27(4)5)41(50)48(46-40)38-34(44)23-30(42)24-35(38)45/h17-20,22-27,39H,7-16,21H2,1-6H3. The molecule has 1 atom stereocenters. The van der Waals surface area contributed by atoms with Gasteiger partial charge >= 0.3 is 0 Å². The van der Waals surface area contributed by atoms with Crippen molar-refractivity contribution in [1.29, 1.82) is 0 Å². The van der Waals surface area contributed by atoms with E-state index < -0.39 is 26.9 Å². The first-order chi connectivity index (χ1) is 25.6. The summed E-state index contributed by atoms with van der Waals surface area (Å²) in [5.41, 5.74) is 2.52. The molecule has 2 amide bonds. The lowest BCUT2D eigenvalue weighted by molar-refractivity contribution is -0.116. The fourth-order valence-corrected chi connectivity index (χ4v) is 10.4. The van der Waals surface area contributed by atoms with Gasteiger partial charge in [0.1, 0.15) is 5.69 Å². The summed E-state index contributed by atoms with van der Waals surface area (Å²) >= 11 is 27.4. The van der Waals surface area contributed by atoms with Crippen molar-refractivity contribution in [2.24, 2.45) is 5.10 Å². The van der Waals surface area contributed by atoms with Gasteiger partial charge in [-0.1, -0.05) is 151 Å². The number of nitrogens with zero attached hydrogens (tertiary/aromatic N) is 3. The lowest BCUT2D eigenvalue weighted by atomic mass is 9.96. The smallest absolute Gasteiger partial charge is 0.268 e. The molecule has 3 aromatic carbocycles. The lowest BCUT2D eigenvalue weighted by Crippen LogP contribution is -2.42. The molecule has 0 aromatic heterocycles. The number of hydrogen-bond acceptors (Lipinski definition) is 6. The predicted molar refractivity (Wildman–Crippen MR) is 229 cm³/mol. The van der Waals surface area contributed by atoms with Gasteiger partial charge in [-0.05, 0) is 65.8 Å². The summed E-state index contributed by atoms with van der Waals surface area (Å²) in [6.07, 6.45) is 11.0. The third-order valence-corrected chi connectivity index (χ3v) is 13.6. The van der Waals surface area contributed by atoms with E-state index in [1.165, 1.54) is 92.4 Å². The van der Waals surface area contributed by atoms with Gasteiger partial charge in [-0.25, -0.2) is 8.42 Å². The highest BCUT2D eigenvalue weighted by Crippen LogP contribution is 2.44. The highest BCUT2D eigenvalue weighted by molar-refractivity contribution is 8.01. The molecule has 0 saturated carbocycles. The Bertz CT molecular complexity index is 1930. The van der Waals surface area contributed by atoms with Crippen molar-refractivity contribution < 1.29 is 18.0 Å². The van der Waals surface area contributed by atoms with E-state index in [9.17, 15) is 18.0 Å². The summed E-state index contributed by atoms with van der Waals surface area (Å²) in [6.45, 7) is 12.0. The maximum absolute atomic E-state index is 14.4. The average Bonchev–Trinajstić information content (AvgIpc) is 3.39. The first-order valence-electron chi connectivity index (χ1n) is 18.8. The van der Waals surface area contributed by atoms with E-state index in [1.54, 1.807) is 0 Å². The maximum Gasteiger partial charge on any atom is 0.268 e. The Balaban J connectivity index is 1.65. The highest BCUT2D eigenvalue weighted by Gasteiger charge is 2.44. The molecule has 1 aliphatic rings. The summed E-state index contributed by atoms with van der Waals surface area (Å²) < 4.78 is 26.8. The predicted octanol–water partition coefficient (Wildman–Crippen LogP) is 13.1. The summed E-state index contributed by atoms with van der Waals surface area (Å²) in [7, 11) is -3.64. The number of carbonyl (C=O) groups is 2. The first-order valence-corrected chi connectivity index (χ1v) is 22.8. The van der Waals surface area contributed by atoms with Crippen LogP contribution < -0.4 is 9.91 Å². The average molecular weight is 856 g/mol. The quantitative estimate of drug-likeness (QED) is 0.119. The number of hydrogen-bond donors (Lipinski definition) is 0. The number of amides is 2. The fourth-order valence-electron chi connectivity index (χ4n) is 6.41. The minimum Gasteiger partial charge on any atom is -0.274 e. The number of halogens is 4. The first kappa shape index (κ1) is 44.4. The third kappa shape index (κ3) is 11.2. The van der Waals surface area contributed by atoms with E-state index in [-0.39, 0.29) is 53.9 Å². The van der Waals surface area contributed by atoms with Crippen molar-refractivity contribution in [2.75, 3.05) is 15.7 Å². The van der Waals surface area contributed by atoms with E-state index in [0.717, 1.165) is 40.3 Å². The summed E-state index contributed by atoms with van der Waals surface area (Å²) in [6, 6.07) is 13.4. The van der Waals surface area contributed by atoms with Crippen molar-refractivity contribution in [3.05, 3.63) is 79.7 Å². The number of hydrazone groups is 1. The summed E-state index contributed by atoms with van der Waals surface area (Å²) in [4.78, 5) is 30.2. The van der Waals surface area contributed by atoms with E-state index >= 15 is 0 Å². The number of thioether (sulfide) groups is 1. The van der Waals surface area contributed by atoms with Gasteiger partial charge in [0.25, 0.3) is 5.91 Å². The van der Waals surface area contributed by atoms with Gasteiger partial charge in [0, 0.05) is 16.8 Å². The second-order valence-electron chi connectivity index (χ2n) is 14.4. The number of sulfone groups is 1. The fraction of sp³-hybridized carbons (Fsp3) is 0.488. The van der Waals surface area contributed by atoms with E-state index in [2.05, 4.69) is 45.8 Å². The van der Waals surface area contributed by atoms with Crippen LogP contribution in [0.25, 0.3) is 0 Å². The molecule has 0 N–H and O–H groups in total. The molecule has 0 bridgehead atoms. The SMILES string of the molecule is CCCCCCCCCCCCS(=O)(=O)c1ccc(N(C(C)=O)C2=NN(c3c(Cl)cc(Cl)cc3Cl)C(=O)C2Sc2ccc(C(C)C)cc2C(C)C)c(Cl)c1. The molecular weight excluding hydrogens is 804 g/mol. The van der Waals surface area contributed by atoms with Crippen LogP contribution in [0.15, 0.2) is 63.4 Å². The minimum atomic E-state index is -3.64. The molecule has 1 aliphatic heterocycles. The van der Waals surface area contributed by atoms with Gasteiger partial charge in [-0.2, -0.15) is 5.01 Å². The Labute approximate surface area is 346 Å². The second kappa shape index (κ2) is 20.2. The molecule has 1 heterocycles. The largest absolute Gasteiger partial charge is 0.274 e. The Morgan fingerprint density at radius 2 is 1.41 bits per heavy atom. The van der Waals surface area contributed by atoms with Crippen molar-refractivity contribution >= 4 is 97.0 Å². The zero-order valence-corrected chi connectivity index (χ0v) is 36.6. The van der Waals surface area contributed by atoms with Crippen molar-refractivity contribution in [1.82, 2.24) is 0 Å². The molecule has 54 heavy (non-hydrogen) atoms. The summed E-state index contributed by atoms with van der Waals surface area (Å²) in [5, 5.41) is 5.26. The molecule has 4 rings (SSSR count). The maximum atomic E-state index is 14.4. The van der Waals surface area contributed by atoms with Gasteiger partial charge < -0.3 is 0 Å². The number of carbonyl (C=O) groups excluding carboxylic acids is 2. The number of amidine groups is 1. The van der Waals surface area contributed by atoms with Crippen LogP contribution in [0.2, 0.25) is 20.1 Å². The van der Waals surface area contributed by atoms with Gasteiger partial charge in [0.05, 0.1) is 31.4 Å². The number of anilines is 2. The van der Waals surface area contributed by atoms with Crippen molar-refractivity contribution in [3.8, 4) is 0 Å². The molecule has 0 spiro atoms. The van der Waals surface area contributed by atoms with Crippen LogP contribution in [0, 0.1) is 0 Å². The minimum absolute atomic E-state index is 0.000870. The molecule has 13 heteroatoms.